The van der Waals surface area contributed by atoms with Crippen LogP contribution in [-0.4, -0.2) is 23.7 Å². The number of rotatable bonds is 4. The number of nitrogens with two attached hydrogens (primary N) is 1. The SMILES string of the molecule is NC(=O)NOCCC(=O)O. The predicted octanol–water partition coefficient (Wildman–Crippen LogP) is -0.939. The van der Waals surface area contributed by atoms with Gasteiger partial charge in [-0.2, -0.15) is 0 Å². The van der Waals surface area contributed by atoms with E-state index < -0.39 is 12.0 Å². The number of aliphatic carboxylic acids is 1. The Morgan fingerprint density at radius 1 is 1.60 bits per heavy atom. The highest BCUT2D eigenvalue weighted by atomic mass is 16.7. The molecule has 2 amide bonds. The van der Waals surface area contributed by atoms with Crippen LogP contribution in [0.1, 0.15) is 6.42 Å². The number of carbonyl (C=O) groups is 2. The van der Waals surface area contributed by atoms with Crippen molar-refractivity contribution in [2.45, 2.75) is 6.42 Å². The molecular formula is C4H8N2O4. The largest absolute Gasteiger partial charge is 0.481 e. The molecule has 0 saturated heterocycles. The van der Waals surface area contributed by atoms with Gasteiger partial charge in [-0.15, -0.1) is 0 Å². The van der Waals surface area contributed by atoms with E-state index in [0.29, 0.717) is 0 Å². The molecule has 58 valence electrons. The number of nitrogens with one attached hydrogen (secondary N) is 1. The monoisotopic (exact) mass is 148 g/mol. The third kappa shape index (κ3) is 6.70. The van der Waals surface area contributed by atoms with Gasteiger partial charge in [-0.05, 0) is 0 Å². The molecule has 0 aromatic carbocycles. The van der Waals surface area contributed by atoms with E-state index in [4.69, 9.17) is 5.11 Å². The molecule has 0 spiro atoms. The first-order valence-corrected chi connectivity index (χ1v) is 2.52. The average Bonchev–Trinajstić information content (AvgIpc) is 1.79. The van der Waals surface area contributed by atoms with E-state index in [1.807, 2.05) is 0 Å². The number of carboxylic acid groups (broad SMARTS) is 1. The Kier molecular flexibility index (Phi) is 3.97. The molecule has 10 heavy (non-hydrogen) atoms. The summed E-state index contributed by atoms with van der Waals surface area (Å²) >= 11 is 0. The van der Waals surface area contributed by atoms with Crippen molar-refractivity contribution >= 4 is 12.0 Å². The summed E-state index contributed by atoms with van der Waals surface area (Å²) < 4.78 is 0. The number of hydroxylamine groups is 1. The number of carboxylic acids is 1. The second-order valence-corrected chi connectivity index (χ2v) is 1.46. The summed E-state index contributed by atoms with van der Waals surface area (Å²) in [6.07, 6.45) is -0.166. The molecule has 0 saturated carbocycles. The van der Waals surface area contributed by atoms with Gasteiger partial charge in [0.1, 0.15) is 0 Å². The van der Waals surface area contributed by atoms with Crippen LogP contribution in [0.15, 0.2) is 0 Å². The predicted molar refractivity (Wildman–Crippen MR) is 30.9 cm³/mol. The van der Waals surface area contributed by atoms with Crippen molar-refractivity contribution in [1.29, 1.82) is 0 Å². The van der Waals surface area contributed by atoms with Gasteiger partial charge in [0.05, 0.1) is 13.0 Å². The van der Waals surface area contributed by atoms with E-state index in [9.17, 15) is 9.59 Å². The van der Waals surface area contributed by atoms with Gasteiger partial charge >= 0.3 is 12.0 Å². The number of urea groups is 1. The Bertz CT molecular complexity index is 119. The van der Waals surface area contributed by atoms with Gasteiger partial charge in [0.25, 0.3) is 0 Å². The van der Waals surface area contributed by atoms with Crippen molar-refractivity contribution in [2.24, 2.45) is 5.73 Å². The summed E-state index contributed by atoms with van der Waals surface area (Å²) in [5.74, 6) is -0.994. The van der Waals surface area contributed by atoms with Gasteiger partial charge in [0.15, 0.2) is 0 Å². The lowest BCUT2D eigenvalue weighted by Crippen LogP contribution is -2.30. The molecule has 4 N–H and O–H groups in total. The first kappa shape index (κ1) is 8.70. The summed E-state index contributed by atoms with van der Waals surface area (Å²) in [4.78, 5) is 24.0. The highest BCUT2D eigenvalue weighted by Crippen LogP contribution is 1.77. The lowest BCUT2D eigenvalue weighted by molar-refractivity contribution is -0.138. The molecule has 0 bridgehead atoms. The fraction of sp³-hybridized carbons (Fsp3) is 0.500. The lowest BCUT2D eigenvalue weighted by Gasteiger charge is -1.98. The van der Waals surface area contributed by atoms with Gasteiger partial charge in [0.2, 0.25) is 0 Å². The van der Waals surface area contributed by atoms with Crippen LogP contribution >= 0.6 is 0 Å². The molecular weight excluding hydrogens is 140 g/mol. The third-order valence-electron chi connectivity index (χ3n) is 0.591. The highest BCUT2D eigenvalue weighted by molar-refractivity contribution is 5.70. The standard InChI is InChI=1S/C4H8N2O4/c5-4(9)6-10-2-1-3(7)8/h1-2H2,(H,7,8)(H3,5,6,9). The summed E-state index contributed by atoms with van der Waals surface area (Å²) in [5.41, 5.74) is 6.36. The van der Waals surface area contributed by atoms with Crippen LogP contribution in [0, 0.1) is 0 Å². The van der Waals surface area contributed by atoms with Crippen LogP contribution in [0.5, 0.6) is 0 Å². The summed E-state index contributed by atoms with van der Waals surface area (Å²) in [6, 6.07) is -0.842. The van der Waals surface area contributed by atoms with Crippen LogP contribution in [0.2, 0.25) is 0 Å². The minimum Gasteiger partial charge on any atom is -0.481 e. The minimum absolute atomic E-state index is 0.0850. The lowest BCUT2D eigenvalue weighted by atomic mass is 10.5. The van der Waals surface area contributed by atoms with E-state index in [1.165, 1.54) is 0 Å². The molecule has 0 radical (unpaired) electrons. The number of amides is 2. The summed E-state index contributed by atoms with van der Waals surface area (Å²) in [7, 11) is 0. The topological polar surface area (TPSA) is 102 Å². The zero-order valence-corrected chi connectivity index (χ0v) is 5.16. The maximum Gasteiger partial charge on any atom is 0.336 e. The van der Waals surface area contributed by atoms with Gasteiger partial charge in [-0.3, -0.25) is 9.63 Å². The molecule has 0 fully saturated rings. The van der Waals surface area contributed by atoms with Gasteiger partial charge in [-0.1, -0.05) is 0 Å². The molecule has 0 aliphatic rings. The first-order chi connectivity index (χ1) is 4.63. The Labute approximate surface area is 56.9 Å². The van der Waals surface area contributed by atoms with Crippen molar-refractivity contribution in [2.75, 3.05) is 6.61 Å². The third-order valence-corrected chi connectivity index (χ3v) is 0.591. The number of hydrogen-bond acceptors (Lipinski definition) is 3. The molecule has 0 atom stereocenters. The summed E-state index contributed by atoms with van der Waals surface area (Å²) in [5, 5.41) is 8.05. The van der Waals surface area contributed by atoms with Crippen LogP contribution in [0.4, 0.5) is 4.79 Å². The zero-order chi connectivity index (χ0) is 7.98. The fourth-order valence-corrected chi connectivity index (χ4v) is 0.261. The van der Waals surface area contributed by atoms with Crippen molar-refractivity contribution < 1.29 is 19.5 Å². The number of carbonyl (C=O) groups excluding carboxylic acids is 1. The normalized spacial score (nSPS) is 8.80. The second-order valence-electron chi connectivity index (χ2n) is 1.46. The molecule has 0 aromatic rings. The molecule has 0 rings (SSSR count). The molecule has 6 nitrogen and oxygen atoms in total. The van der Waals surface area contributed by atoms with Gasteiger partial charge in [-0.25, -0.2) is 10.3 Å². The second kappa shape index (κ2) is 4.57. The van der Waals surface area contributed by atoms with Crippen LogP contribution in [-0.2, 0) is 9.63 Å². The Morgan fingerprint density at radius 2 is 2.20 bits per heavy atom. The Morgan fingerprint density at radius 3 is 2.60 bits per heavy atom. The van der Waals surface area contributed by atoms with E-state index in [1.54, 1.807) is 5.48 Å². The minimum atomic E-state index is -0.994. The number of primary amides is 1. The zero-order valence-electron chi connectivity index (χ0n) is 5.16. The van der Waals surface area contributed by atoms with Gasteiger partial charge < -0.3 is 10.8 Å². The molecule has 0 unspecified atom stereocenters. The Balaban J connectivity index is 3.06. The van der Waals surface area contributed by atoms with Gasteiger partial charge in [0, 0.05) is 0 Å². The highest BCUT2D eigenvalue weighted by Gasteiger charge is 1.96. The molecule has 6 heteroatoms. The van der Waals surface area contributed by atoms with E-state index >= 15 is 0 Å². The van der Waals surface area contributed by atoms with E-state index in [-0.39, 0.29) is 13.0 Å². The van der Waals surface area contributed by atoms with Crippen LogP contribution < -0.4 is 11.2 Å². The molecule has 0 aromatic heterocycles. The maximum atomic E-state index is 9.88. The fourth-order valence-electron chi connectivity index (χ4n) is 0.261. The smallest absolute Gasteiger partial charge is 0.336 e. The maximum absolute atomic E-state index is 9.88. The first-order valence-electron chi connectivity index (χ1n) is 2.52. The number of hydrogen-bond donors (Lipinski definition) is 3. The van der Waals surface area contributed by atoms with Crippen molar-refractivity contribution in [3.63, 3.8) is 0 Å². The van der Waals surface area contributed by atoms with Crippen molar-refractivity contribution in [3.8, 4) is 0 Å². The quantitative estimate of drug-likeness (QED) is 0.353. The summed E-state index contributed by atoms with van der Waals surface area (Å²) in [6.45, 7) is -0.0850. The average molecular weight is 148 g/mol. The van der Waals surface area contributed by atoms with Crippen molar-refractivity contribution in [3.05, 3.63) is 0 Å². The van der Waals surface area contributed by atoms with Crippen molar-refractivity contribution in [1.82, 2.24) is 5.48 Å². The van der Waals surface area contributed by atoms with Crippen LogP contribution in [0.3, 0.4) is 0 Å². The molecule has 0 aliphatic heterocycles. The van der Waals surface area contributed by atoms with Crippen LogP contribution in [0.25, 0.3) is 0 Å². The Hall–Kier alpha value is -1.30. The molecule has 0 heterocycles. The molecule has 0 aliphatic carbocycles. The van der Waals surface area contributed by atoms with E-state index in [2.05, 4.69) is 10.6 Å². The van der Waals surface area contributed by atoms with E-state index in [0.717, 1.165) is 0 Å².